The maximum atomic E-state index is 13.6. The zero-order chi connectivity index (χ0) is 24.1. The van der Waals surface area contributed by atoms with Crippen LogP contribution in [0.3, 0.4) is 0 Å². The van der Waals surface area contributed by atoms with E-state index in [-0.39, 0.29) is 32.5 Å². The summed E-state index contributed by atoms with van der Waals surface area (Å²) < 4.78 is 6.15. The largest absolute Gasteiger partial charge is 0.422 e. The highest BCUT2D eigenvalue weighted by Crippen LogP contribution is 2.53. The first-order valence-electron chi connectivity index (χ1n) is 11.6. The fourth-order valence-corrected chi connectivity index (χ4v) is 9.73. The molecule has 0 radical (unpaired) electrons. The lowest BCUT2D eigenvalue weighted by Crippen LogP contribution is -2.17. The first-order valence-corrected chi connectivity index (χ1v) is 16.9. The molecule has 7 nitrogen and oxygen atoms in total. The van der Waals surface area contributed by atoms with Crippen molar-refractivity contribution in [2.24, 2.45) is 25.0 Å². The van der Waals surface area contributed by atoms with Crippen molar-refractivity contribution in [1.29, 1.82) is 0 Å². The molecule has 5 atom stereocenters. The summed E-state index contributed by atoms with van der Waals surface area (Å²) in [7, 11) is 0. The summed E-state index contributed by atoms with van der Waals surface area (Å²) in [5, 5.41) is 0.347. The fourth-order valence-electron chi connectivity index (χ4n) is 5.08. The van der Waals surface area contributed by atoms with Gasteiger partial charge in [0.05, 0.1) is 5.56 Å². The van der Waals surface area contributed by atoms with Crippen molar-refractivity contribution in [1.82, 2.24) is 0 Å². The molecule has 12 heteroatoms. The average molecular weight is 572 g/mol. The maximum Gasteiger partial charge on any atom is 0.342 e. The van der Waals surface area contributed by atoms with Crippen molar-refractivity contribution in [3.63, 3.8) is 0 Å². The Labute approximate surface area is 229 Å². The number of aliphatic imine (C=N–C) groups is 5. The van der Waals surface area contributed by atoms with Crippen molar-refractivity contribution >= 4 is 101 Å². The molecule has 0 bridgehead atoms. The van der Waals surface area contributed by atoms with Crippen molar-refractivity contribution in [3.05, 3.63) is 44.3 Å². The van der Waals surface area contributed by atoms with Gasteiger partial charge in [0.15, 0.2) is 0 Å². The lowest BCUT2D eigenvalue weighted by atomic mass is 9.91. The number of hydrogen-bond acceptors (Lipinski definition) is 12. The van der Waals surface area contributed by atoms with Crippen LogP contribution in [0.4, 0.5) is 0 Å². The molecule has 0 spiro atoms. The molecule has 0 saturated heterocycles. The van der Waals surface area contributed by atoms with Crippen LogP contribution in [0.2, 0.25) is 0 Å². The number of hydrogen-bond donors (Lipinski definition) is 0. The molecule has 0 N–H and O–H groups in total. The van der Waals surface area contributed by atoms with Gasteiger partial charge in [-0.3, -0.25) is 25.0 Å². The highest BCUT2D eigenvalue weighted by molar-refractivity contribution is 8.01. The molecule has 0 saturated carbocycles. The third-order valence-electron chi connectivity index (χ3n) is 6.49. The van der Waals surface area contributed by atoms with Gasteiger partial charge in [-0.2, -0.15) is 0 Å². The standard InChI is InChI=1S/C24H21N5O2S5/c30-24-18(23-29-5-10-36-23)17(22-28-4-9-35-22)15-13(31-24)11-12(19-25-1-6-32-19)14(20-26-2-7-33-20)16(15)21-27-3-8-34-21/h1-5,11,19-23H,6-10H2. The van der Waals surface area contributed by atoms with Crippen molar-refractivity contribution in [2.45, 2.75) is 26.9 Å². The van der Waals surface area contributed by atoms with Crippen LogP contribution in [0.1, 0.15) is 54.7 Å². The van der Waals surface area contributed by atoms with Gasteiger partial charge in [-0.15, -0.1) is 58.8 Å². The van der Waals surface area contributed by atoms with E-state index < -0.39 is 0 Å². The SMILES string of the molecule is O=c1oc2cc(C3N=CCS3)c(C3N=CCS3)c(C3N=CCS3)c2c(C2N=CCS2)c1C1N=CCS1. The van der Waals surface area contributed by atoms with Crippen LogP contribution in [0.15, 0.2) is 40.2 Å². The molecule has 5 aliphatic rings. The van der Waals surface area contributed by atoms with Crippen LogP contribution in [0.5, 0.6) is 0 Å². The Morgan fingerprint density at radius 3 is 1.47 bits per heavy atom. The number of thioether (sulfide) groups is 5. The molecule has 7 rings (SSSR count). The van der Waals surface area contributed by atoms with E-state index in [0.29, 0.717) is 11.1 Å². The second-order valence-corrected chi connectivity index (χ2v) is 14.0. The monoisotopic (exact) mass is 571 g/mol. The zero-order valence-electron chi connectivity index (χ0n) is 19.0. The summed E-state index contributed by atoms with van der Waals surface area (Å²) in [6.07, 6.45) is 9.80. The van der Waals surface area contributed by atoms with Gasteiger partial charge in [0.25, 0.3) is 0 Å². The van der Waals surface area contributed by atoms with Crippen LogP contribution in [-0.4, -0.2) is 59.8 Å². The van der Waals surface area contributed by atoms with E-state index in [4.69, 9.17) is 24.4 Å². The predicted octanol–water partition coefficient (Wildman–Crippen LogP) is 5.87. The summed E-state index contributed by atoms with van der Waals surface area (Å²) in [4.78, 5) is 37.6. The number of nitrogens with zero attached hydrogens (tertiary/aromatic N) is 5. The van der Waals surface area contributed by atoms with Crippen molar-refractivity contribution in [2.75, 3.05) is 28.8 Å². The van der Waals surface area contributed by atoms with Crippen molar-refractivity contribution in [3.8, 4) is 0 Å². The minimum absolute atomic E-state index is 0.0333. The van der Waals surface area contributed by atoms with E-state index >= 15 is 0 Å². The van der Waals surface area contributed by atoms with Gasteiger partial charge >= 0.3 is 5.63 Å². The third-order valence-corrected chi connectivity index (χ3v) is 11.6. The minimum Gasteiger partial charge on any atom is -0.422 e. The predicted molar refractivity (Wildman–Crippen MR) is 161 cm³/mol. The molecule has 6 heterocycles. The molecular weight excluding hydrogens is 551 g/mol. The van der Waals surface area contributed by atoms with Gasteiger partial charge in [0, 0.05) is 76.4 Å². The number of fused-ring (bicyclic) bond motifs is 1. The fraction of sp³-hybridized carbons (Fsp3) is 0.417. The van der Waals surface area contributed by atoms with Gasteiger partial charge in [-0.05, 0) is 17.2 Å². The second kappa shape index (κ2) is 10.0. The molecule has 0 aliphatic carbocycles. The van der Waals surface area contributed by atoms with E-state index in [1.807, 2.05) is 42.8 Å². The number of benzene rings is 1. The van der Waals surface area contributed by atoms with E-state index in [1.54, 1.807) is 47.0 Å². The van der Waals surface area contributed by atoms with Gasteiger partial charge in [0.1, 0.15) is 32.5 Å². The normalized spacial score (nSPS) is 30.6. The van der Waals surface area contributed by atoms with Crippen LogP contribution in [0.25, 0.3) is 11.0 Å². The van der Waals surface area contributed by atoms with E-state index in [9.17, 15) is 4.79 Å². The Bertz CT molecular complexity index is 1430. The minimum atomic E-state index is -0.320. The van der Waals surface area contributed by atoms with Gasteiger partial charge in [0.2, 0.25) is 0 Å². The maximum absolute atomic E-state index is 13.6. The highest BCUT2D eigenvalue weighted by Gasteiger charge is 2.37. The zero-order valence-corrected chi connectivity index (χ0v) is 23.1. The summed E-state index contributed by atoms with van der Waals surface area (Å²) in [5.74, 6) is 4.20. The summed E-state index contributed by atoms with van der Waals surface area (Å²) >= 11 is 8.80. The Morgan fingerprint density at radius 2 is 1.00 bits per heavy atom. The molecule has 36 heavy (non-hydrogen) atoms. The van der Waals surface area contributed by atoms with Gasteiger partial charge < -0.3 is 4.42 Å². The molecule has 1 aromatic heterocycles. The molecular formula is C24H21N5O2S5. The van der Waals surface area contributed by atoms with Crippen LogP contribution in [-0.2, 0) is 0 Å². The van der Waals surface area contributed by atoms with Crippen LogP contribution in [0, 0.1) is 0 Å². The summed E-state index contributed by atoms with van der Waals surface area (Å²) in [5.41, 5.74) is 5.20. The van der Waals surface area contributed by atoms with E-state index in [1.165, 1.54) is 5.56 Å². The molecule has 5 unspecified atom stereocenters. The topological polar surface area (TPSA) is 92.0 Å². The lowest BCUT2D eigenvalue weighted by Gasteiger charge is -2.27. The van der Waals surface area contributed by atoms with E-state index in [2.05, 4.69) is 11.1 Å². The molecule has 5 aliphatic heterocycles. The Hall–Kier alpha value is -1.47. The third kappa shape index (κ3) is 4.03. The molecule has 0 amide bonds. The summed E-state index contributed by atoms with van der Waals surface area (Å²) in [6, 6.07) is 2.05. The molecule has 1 aromatic carbocycles. The van der Waals surface area contributed by atoms with Gasteiger partial charge in [-0.25, -0.2) is 4.79 Å². The van der Waals surface area contributed by atoms with Crippen molar-refractivity contribution < 1.29 is 4.42 Å². The summed E-state index contributed by atoms with van der Waals surface area (Å²) in [6.45, 7) is 0. The molecule has 2 aromatic rings. The Kier molecular flexibility index (Phi) is 6.57. The van der Waals surface area contributed by atoms with Gasteiger partial charge in [-0.1, -0.05) is 0 Å². The Balaban J connectivity index is 1.61. The van der Waals surface area contributed by atoms with Crippen LogP contribution >= 0.6 is 58.8 Å². The van der Waals surface area contributed by atoms with Crippen LogP contribution < -0.4 is 5.63 Å². The highest BCUT2D eigenvalue weighted by atomic mass is 32.2. The van der Waals surface area contributed by atoms with E-state index in [0.717, 1.165) is 50.8 Å². The molecule has 184 valence electrons. The lowest BCUT2D eigenvalue weighted by molar-refractivity contribution is 0.546. The first kappa shape index (κ1) is 23.6. The Morgan fingerprint density at radius 1 is 0.583 bits per heavy atom. The molecule has 0 fully saturated rings. The average Bonchev–Trinajstić information content (AvgIpc) is 3.72. The second-order valence-electron chi connectivity index (χ2n) is 8.47. The quantitative estimate of drug-likeness (QED) is 0.414. The number of rotatable bonds is 5. The first-order chi connectivity index (χ1) is 17.8. The smallest absolute Gasteiger partial charge is 0.342 e.